The molecule has 11 heteroatoms. The van der Waals surface area contributed by atoms with Crippen LogP contribution in [0.4, 0.5) is 0 Å². The summed E-state index contributed by atoms with van der Waals surface area (Å²) in [5.41, 5.74) is 2.07. The Bertz CT molecular complexity index is 2260. The Labute approximate surface area is 413 Å². The van der Waals surface area contributed by atoms with Gasteiger partial charge in [-0.1, -0.05) is 50.2 Å². The molecule has 4 bridgehead atoms. The van der Waals surface area contributed by atoms with E-state index in [4.69, 9.17) is 18.9 Å². The second kappa shape index (κ2) is 22.4. The summed E-state index contributed by atoms with van der Waals surface area (Å²) in [4.78, 5) is 36.8. The largest absolute Gasteiger partial charge is 0.489 e. The van der Waals surface area contributed by atoms with E-state index in [0.717, 1.165) is 89.0 Å². The summed E-state index contributed by atoms with van der Waals surface area (Å²) >= 11 is 4.80. The van der Waals surface area contributed by atoms with Gasteiger partial charge in [0.25, 0.3) is 0 Å². The smallest absolute Gasteiger partial charge is 0.308 e. The first-order valence-corrected chi connectivity index (χ1v) is 26.5. The quantitative estimate of drug-likeness (QED) is 0.0997. The Balaban J connectivity index is 0.000000149. The number of nitrogens with zero attached hydrogens (tertiary/aromatic N) is 1. The first kappa shape index (κ1) is 48.4. The van der Waals surface area contributed by atoms with E-state index in [-0.39, 0.29) is 23.8 Å². The number of piperidine rings is 2. The fraction of sp³-hybridized carbons (Fsp3) is 0.574. The molecule has 10 rings (SSSR count). The van der Waals surface area contributed by atoms with E-state index in [1.165, 1.54) is 98.3 Å². The molecular weight excluding hydrogens is 1040 g/mol. The molecule has 2 aliphatic carbocycles. The molecule has 2 saturated carbocycles. The van der Waals surface area contributed by atoms with Crippen LogP contribution in [0.5, 0.6) is 11.5 Å². The van der Waals surface area contributed by atoms with Crippen LogP contribution in [0.15, 0.2) is 60.7 Å². The average molecular weight is 1110 g/mol. The van der Waals surface area contributed by atoms with Gasteiger partial charge >= 0.3 is 11.9 Å². The molecule has 4 saturated heterocycles. The van der Waals surface area contributed by atoms with Gasteiger partial charge in [0.05, 0.1) is 45.4 Å². The average Bonchev–Trinajstić information content (AvgIpc) is 3.78. The molecule has 0 radical (unpaired) electrons. The normalized spacial score (nSPS) is 29.4. The SMILES string of the molecule is CC1CCC(Oc2ccc3cc(C=O)ccc3c2I)CC1.COC(=O)C1CC2CCC(C1)N2.COC(=O)C1CC2CCC(C1)N2Cc1ccc2c(I)c(OC3CCC(C)CC3)ccc2c1. The highest BCUT2D eigenvalue weighted by molar-refractivity contribution is 14.1. The standard InChI is InChI=1S/C27H34INO3.C18H19IO2.C9H15NO2/c1-17-3-9-23(10-4-17)32-25-12-6-19-13-18(5-11-24(19)26(25)28)16-29-21-7-8-22(29)15-20(14-21)27(30)31-2;1-12-2-6-15(7-3-12)21-17-9-5-14-10-13(11-20)4-8-16(14)18(17)19;1-12-9(11)6-4-7-2-3-8(5-6)10-7/h5-6,11-13,17,20-23H,3-4,7-10,14-16H2,1-2H3;4-5,8-12,15H,2-3,6-7H2,1H3;6-8,10H,2-5H2,1H3. The zero-order chi connectivity index (χ0) is 45.6. The Morgan fingerprint density at radius 2 is 1.09 bits per heavy atom. The Hall–Kier alpha value is -3.01. The van der Waals surface area contributed by atoms with E-state index in [2.05, 4.69) is 99.6 Å². The number of hydrogen-bond donors (Lipinski definition) is 1. The van der Waals surface area contributed by atoms with Gasteiger partial charge in [0.1, 0.15) is 17.8 Å². The molecule has 6 fully saturated rings. The van der Waals surface area contributed by atoms with Gasteiger partial charge < -0.3 is 24.3 Å². The maximum Gasteiger partial charge on any atom is 0.308 e. The number of halogens is 2. The van der Waals surface area contributed by atoms with E-state index < -0.39 is 0 Å². The number of hydrogen-bond acceptors (Lipinski definition) is 9. The highest BCUT2D eigenvalue weighted by Crippen LogP contribution is 2.41. The number of esters is 2. The van der Waals surface area contributed by atoms with Crippen LogP contribution < -0.4 is 14.8 Å². The summed E-state index contributed by atoms with van der Waals surface area (Å²) in [5.74, 6) is 3.88. The zero-order valence-corrected chi connectivity index (χ0v) is 43.0. The highest BCUT2D eigenvalue weighted by atomic mass is 127. The summed E-state index contributed by atoms with van der Waals surface area (Å²) in [7, 11) is 2.99. The van der Waals surface area contributed by atoms with Crippen LogP contribution in [0.1, 0.15) is 133 Å². The van der Waals surface area contributed by atoms with Crippen molar-refractivity contribution in [3.05, 3.63) is 78.9 Å². The molecule has 4 aromatic carbocycles. The number of fused-ring (bicyclic) bond motifs is 6. The molecule has 4 atom stereocenters. The Morgan fingerprint density at radius 1 is 0.615 bits per heavy atom. The number of carbonyl (C=O) groups excluding carboxylic acids is 3. The summed E-state index contributed by atoms with van der Waals surface area (Å²) < 4.78 is 24.8. The third-order valence-corrected chi connectivity index (χ3v) is 17.6. The first-order chi connectivity index (χ1) is 31.5. The number of methoxy groups -OCH3 is 2. The van der Waals surface area contributed by atoms with Gasteiger partial charge in [0.15, 0.2) is 0 Å². The predicted molar refractivity (Wildman–Crippen MR) is 275 cm³/mol. The molecule has 1 N–H and O–H groups in total. The van der Waals surface area contributed by atoms with Crippen LogP contribution in [-0.2, 0) is 25.6 Å². The molecule has 0 spiro atoms. The van der Waals surface area contributed by atoms with Crippen molar-refractivity contribution >= 4 is 85.0 Å². The molecule has 0 aromatic heterocycles. The third kappa shape index (κ3) is 12.0. The summed E-state index contributed by atoms with van der Waals surface area (Å²) in [6, 6.07) is 23.3. The minimum absolute atomic E-state index is 0.0200. The number of benzene rings is 4. The van der Waals surface area contributed by atoms with Crippen LogP contribution in [0.25, 0.3) is 21.5 Å². The molecule has 65 heavy (non-hydrogen) atoms. The molecule has 9 nitrogen and oxygen atoms in total. The third-order valence-electron chi connectivity index (χ3n) is 15.4. The van der Waals surface area contributed by atoms with E-state index >= 15 is 0 Å². The number of ether oxygens (including phenoxy) is 4. The fourth-order valence-corrected chi connectivity index (χ4v) is 13.1. The molecule has 0 amide bonds. The van der Waals surface area contributed by atoms with E-state index in [9.17, 15) is 14.4 Å². The highest BCUT2D eigenvalue weighted by Gasteiger charge is 2.43. The summed E-state index contributed by atoms with van der Waals surface area (Å²) in [5, 5.41) is 8.30. The van der Waals surface area contributed by atoms with Crippen molar-refractivity contribution in [2.75, 3.05) is 14.2 Å². The second-order valence-electron chi connectivity index (χ2n) is 20.0. The van der Waals surface area contributed by atoms with Crippen molar-refractivity contribution in [3.8, 4) is 11.5 Å². The van der Waals surface area contributed by atoms with Crippen molar-refractivity contribution in [1.82, 2.24) is 10.2 Å². The molecule has 4 heterocycles. The van der Waals surface area contributed by atoms with Gasteiger partial charge in [-0.25, -0.2) is 0 Å². The Kier molecular flexibility index (Phi) is 16.7. The number of carbonyl (C=O) groups is 3. The van der Waals surface area contributed by atoms with Gasteiger partial charge in [0.2, 0.25) is 0 Å². The van der Waals surface area contributed by atoms with Gasteiger partial charge in [-0.05, 0) is 211 Å². The van der Waals surface area contributed by atoms with Crippen LogP contribution in [0.2, 0.25) is 0 Å². The van der Waals surface area contributed by atoms with Gasteiger partial charge in [-0.15, -0.1) is 0 Å². The molecule has 4 aliphatic heterocycles. The van der Waals surface area contributed by atoms with Crippen molar-refractivity contribution in [3.63, 3.8) is 0 Å². The molecule has 4 aromatic rings. The lowest BCUT2D eigenvalue weighted by atomic mass is 9.89. The van der Waals surface area contributed by atoms with Crippen molar-refractivity contribution < 1.29 is 33.3 Å². The van der Waals surface area contributed by atoms with Gasteiger partial charge in [0, 0.05) is 36.3 Å². The minimum atomic E-state index is -0.0254. The maximum atomic E-state index is 12.0. The van der Waals surface area contributed by atoms with Crippen LogP contribution in [-0.4, -0.2) is 73.7 Å². The van der Waals surface area contributed by atoms with Crippen molar-refractivity contribution in [2.45, 2.75) is 160 Å². The molecule has 350 valence electrons. The monoisotopic (exact) mass is 1110 g/mol. The fourth-order valence-electron chi connectivity index (χ4n) is 11.5. The van der Waals surface area contributed by atoms with Crippen molar-refractivity contribution in [2.24, 2.45) is 23.7 Å². The zero-order valence-electron chi connectivity index (χ0n) is 38.7. The van der Waals surface area contributed by atoms with Crippen LogP contribution >= 0.6 is 45.2 Å². The minimum Gasteiger partial charge on any atom is -0.489 e. The van der Waals surface area contributed by atoms with E-state index in [0.29, 0.717) is 41.9 Å². The lowest BCUT2D eigenvalue weighted by Crippen LogP contribution is -2.44. The van der Waals surface area contributed by atoms with Crippen LogP contribution in [0, 0.1) is 30.8 Å². The van der Waals surface area contributed by atoms with Crippen LogP contribution in [0.3, 0.4) is 0 Å². The number of nitrogens with one attached hydrogen (secondary N) is 1. The second-order valence-corrected chi connectivity index (χ2v) is 22.1. The maximum absolute atomic E-state index is 12.0. The first-order valence-electron chi connectivity index (χ1n) is 24.4. The van der Waals surface area contributed by atoms with E-state index in [1.807, 2.05) is 30.3 Å². The topological polar surface area (TPSA) is 103 Å². The Morgan fingerprint density at radius 3 is 1.58 bits per heavy atom. The van der Waals surface area contributed by atoms with E-state index in [1.54, 1.807) is 0 Å². The predicted octanol–water partition coefficient (Wildman–Crippen LogP) is 12.2. The lowest BCUT2D eigenvalue weighted by Gasteiger charge is -2.38. The number of rotatable bonds is 9. The summed E-state index contributed by atoms with van der Waals surface area (Å²) in [6.45, 7) is 5.63. The summed E-state index contributed by atoms with van der Waals surface area (Å²) in [6.07, 6.45) is 20.0. The van der Waals surface area contributed by atoms with Gasteiger partial charge in [-0.2, -0.15) is 0 Å². The van der Waals surface area contributed by atoms with Crippen molar-refractivity contribution in [1.29, 1.82) is 0 Å². The number of aldehydes is 1. The molecular formula is C54H68I2N2O7. The molecule has 6 aliphatic rings. The lowest BCUT2D eigenvalue weighted by molar-refractivity contribution is -0.148. The van der Waals surface area contributed by atoms with Gasteiger partial charge in [-0.3, -0.25) is 19.3 Å². The molecule has 4 unspecified atom stereocenters.